The fraction of sp³-hybridized carbons (Fsp3) is 0.500. The highest BCUT2D eigenvalue weighted by Gasteiger charge is 2.37. The van der Waals surface area contributed by atoms with E-state index in [0.29, 0.717) is 13.1 Å². The molecule has 1 amide bonds. The molecule has 114 valence electrons. The molecule has 2 rings (SSSR count). The van der Waals surface area contributed by atoms with Crippen molar-refractivity contribution < 1.29 is 18.7 Å². The van der Waals surface area contributed by atoms with Crippen molar-refractivity contribution in [3.05, 3.63) is 35.6 Å². The summed E-state index contributed by atoms with van der Waals surface area (Å²) in [5.41, 5.74) is 0.156. The summed E-state index contributed by atoms with van der Waals surface area (Å²) in [4.78, 5) is 24.9. The lowest BCUT2D eigenvalue weighted by Gasteiger charge is -2.24. The summed E-state index contributed by atoms with van der Waals surface area (Å²) >= 11 is 0. The zero-order chi connectivity index (χ0) is 15.6. The number of carbonyl (C=O) groups excluding carboxylic acids is 2. The first-order valence-electron chi connectivity index (χ1n) is 6.99. The Morgan fingerprint density at radius 2 is 2.10 bits per heavy atom. The van der Waals surface area contributed by atoms with Gasteiger partial charge in [0, 0.05) is 24.9 Å². The maximum absolute atomic E-state index is 13.3. The molecule has 1 aliphatic heterocycles. The summed E-state index contributed by atoms with van der Waals surface area (Å²) < 4.78 is 18.7. The van der Waals surface area contributed by atoms with Crippen LogP contribution >= 0.6 is 0 Å². The fourth-order valence-electron chi connectivity index (χ4n) is 2.53. The van der Waals surface area contributed by atoms with Crippen LogP contribution in [-0.2, 0) is 9.53 Å². The summed E-state index contributed by atoms with van der Waals surface area (Å²) in [5, 5.41) is 0. The van der Waals surface area contributed by atoms with Gasteiger partial charge in [-0.2, -0.15) is 0 Å². The lowest BCUT2D eigenvalue weighted by atomic mass is 9.90. The van der Waals surface area contributed by atoms with Crippen LogP contribution in [-0.4, -0.2) is 36.0 Å². The Morgan fingerprint density at radius 1 is 1.38 bits per heavy atom. The third kappa shape index (κ3) is 3.80. The Kier molecular flexibility index (Phi) is 4.30. The molecule has 0 radical (unpaired) electrons. The summed E-state index contributed by atoms with van der Waals surface area (Å²) in [5.74, 6) is -0.863. The Balaban J connectivity index is 2.14. The molecule has 1 fully saturated rings. The molecule has 0 bridgehead atoms. The number of hydrogen-bond acceptors (Lipinski definition) is 3. The first kappa shape index (κ1) is 15.5. The van der Waals surface area contributed by atoms with Crippen molar-refractivity contribution in [3.63, 3.8) is 0 Å². The van der Waals surface area contributed by atoms with E-state index in [1.165, 1.54) is 17.0 Å². The van der Waals surface area contributed by atoms with Gasteiger partial charge in [-0.05, 0) is 38.5 Å². The molecule has 0 unspecified atom stereocenters. The Hall–Kier alpha value is -1.91. The molecule has 0 aliphatic carbocycles. The normalized spacial score (nSPS) is 22.2. The van der Waals surface area contributed by atoms with E-state index in [0.717, 1.165) is 11.8 Å². The number of halogens is 1. The van der Waals surface area contributed by atoms with Crippen LogP contribution in [0.2, 0.25) is 0 Å². The molecule has 5 heteroatoms. The quantitative estimate of drug-likeness (QED) is 0.788. The molecule has 2 atom stereocenters. The van der Waals surface area contributed by atoms with Gasteiger partial charge < -0.3 is 14.4 Å². The highest BCUT2D eigenvalue weighted by Crippen LogP contribution is 2.32. The topological polar surface area (TPSA) is 46.6 Å². The van der Waals surface area contributed by atoms with Gasteiger partial charge >= 0.3 is 6.09 Å². The summed E-state index contributed by atoms with van der Waals surface area (Å²) in [6.45, 7) is 6.05. The minimum atomic E-state index is -0.579. The van der Waals surface area contributed by atoms with Crippen molar-refractivity contribution in [1.82, 2.24) is 4.90 Å². The molecular formula is C16H20FNO3. The second-order valence-electron chi connectivity index (χ2n) is 6.35. The van der Waals surface area contributed by atoms with Gasteiger partial charge in [0.25, 0.3) is 0 Å². The van der Waals surface area contributed by atoms with Crippen LogP contribution in [0.25, 0.3) is 0 Å². The van der Waals surface area contributed by atoms with Crippen LogP contribution in [0.15, 0.2) is 24.3 Å². The van der Waals surface area contributed by atoms with E-state index >= 15 is 0 Å². The number of aldehydes is 1. The molecule has 21 heavy (non-hydrogen) atoms. The minimum absolute atomic E-state index is 0.189. The third-order valence-corrected chi connectivity index (χ3v) is 3.47. The van der Waals surface area contributed by atoms with Gasteiger partial charge in [-0.3, -0.25) is 0 Å². The lowest BCUT2D eigenvalue weighted by molar-refractivity contribution is -0.111. The highest BCUT2D eigenvalue weighted by atomic mass is 19.1. The van der Waals surface area contributed by atoms with E-state index in [1.54, 1.807) is 32.9 Å². The van der Waals surface area contributed by atoms with Gasteiger partial charge in [0.2, 0.25) is 0 Å². The van der Waals surface area contributed by atoms with Crippen LogP contribution < -0.4 is 0 Å². The van der Waals surface area contributed by atoms with Crippen molar-refractivity contribution in [3.8, 4) is 0 Å². The zero-order valence-electron chi connectivity index (χ0n) is 12.5. The van der Waals surface area contributed by atoms with Gasteiger partial charge in [-0.25, -0.2) is 9.18 Å². The lowest BCUT2D eigenvalue weighted by Crippen LogP contribution is -2.35. The monoisotopic (exact) mass is 293 g/mol. The van der Waals surface area contributed by atoms with E-state index in [4.69, 9.17) is 4.74 Å². The fourth-order valence-corrected chi connectivity index (χ4v) is 2.53. The summed E-state index contributed by atoms with van der Waals surface area (Å²) in [6, 6.07) is 6.17. The number of benzene rings is 1. The second-order valence-corrected chi connectivity index (χ2v) is 6.35. The molecule has 0 N–H and O–H groups in total. The molecule has 1 saturated heterocycles. The second kappa shape index (κ2) is 5.84. The SMILES string of the molecule is CC(C)(C)OC(=O)N1C[C@H](c2cccc(F)c2)[C@@H](C=O)C1. The molecule has 0 spiro atoms. The molecule has 1 heterocycles. The van der Waals surface area contributed by atoms with Crippen LogP contribution in [0.3, 0.4) is 0 Å². The molecule has 0 saturated carbocycles. The van der Waals surface area contributed by atoms with Gasteiger partial charge in [0.1, 0.15) is 17.7 Å². The van der Waals surface area contributed by atoms with E-state index in [1.807, 2.05) is 0 Å². The van der Waals surface area contributed by atoms with Gasteiger partial charge in [-0.15, -0.1) is 0 Å². The Morgan fingerprint density at radius 3 is 2.67 bits per heavy atom. The predicted molar refractivity (Wildman–Crippen MR) is 76.5 cm³/mol. The summed E-state index contributed by atoms with van der Waals surface area (Å²) in [6.07, 6.45) is 0.396. The van der Waals surface area contributed by atoms with Crippen molar-refractivity contribution >= 4 is 12.4 Å². The van der Waals surface area contributed by atoms with Crippen molar-refractivity contribution in [2.24, 2.45) is 5.92 Å². The maximum Gasteiger partial charge on any atom is 0.410 e. The number of ether oxygens (including phenoxy) is 1. The number of nitrogens with zero attached hydrogens (tertiary/aromatic N) is 1. The van der Waals surface area contributed by atoms with E-state index in [2.05, 4.69) is 0 Å². The molecular weight excluding hydrogens is 273 g/mol. The molecule has 4 nitrogen and oxygen atoms in total. The van der Waals surface area contributed by atoms with E-state index in [-0.39, 0.29) is 17.7 Å². The largest absolute Gasteiger partial charge is 0.444 e. The summed E-state index contributed by atoms with van der Waals surface area (Å²) in [7, 11) is 0. The van der Waals surface area contributed by atoms with Crippen LogP contribution in [0.5, 0.6) is 0 Å². The average Bonchev–Trinajstić information content (AvgIpc) is 2.81. The minimum Gasteiger partial charge on any atom is -0.444 e. The number of likely N-dealkylation sites (tertiary alicyclic amines) is 1. The number of rotatable bonds is 2. The number of carbonyl (C=O) groups is 2. The molecule has 1 aliphatic rings. The molecule has 1 aromatic rings. The number of amides is 1. The van der Waals surface area contributed by atoms with Gasteiger partial charge in [0.05, 0.1) is 0 Å². The zero-order valence-corrected chi connectivity index (χ0v) is 12.5. The van der Waals surface area contributed by atoms with Crippen LogP contribution in [0.1, 0.15) is 32.3 Å². The standard InChI is InChI=1S/C16H20FNO3/c1-16(2,3)21-15(20)18-8-12(10-19)14(9-18)11-5-4-6-13(17)7-11/h4-7,10,12,14H,8-9H2,1-3H3/t12-,14-/m1/s1. The van der Waals surface area contributed by atoms with Gasteiger partial charge in [-0.1, -0.05) is 12.1 Å². The maximum atomic E-state index is 13.3. The first-order chi connectivity index (χ1) is 9.80. The van der Waals surface area contributed by atoms with E-state index < -0.39 is 11.7 Å². The predicted octanol–water partition coefficient (Wildman–Crippen LogP) is 2.98. The van der Waals surface area contributed by atoms with Crippen molar-refractivity contribution in [2.75, 3.05) is 13.1 Å². The van der Waals surface area contributed by atoms with Gasteiger partial charge in [0.15, 0.2) is 0 Å². The third-order valence-electron chi connectivity index (χ3n) is 3.47. The van der Waals surface area contributed by atoms with E-state index in [9.17, 15) is 14.0 Å². The van der Waals surface area contributed by atoms with Crippen molar-refractivity contribution in [2.45, 2.75) is 32.3 Å². The van der Waals surface area contributed by atoms with Crippen LogP contribution in [0, 0.1) is 11.7 Å². The average molecular weight is 293 g/mol. The Labute approximate surface area is 123 Å². The van der Waals surface area contributed by atoms with Crippen molar-refractivity contribution in [1.29, 1.82) is 0 Å². The molecule has 1 aromatic carbocycles. The highest BCUT2D eigenvalue weighted by molar-refractivity contribution is 5.70. The Bertz CT molecular complexity index is 539. The molecule has 0 aromatic heterocycles. The van der Waals surface area contributed by atoms with Crippen LogP contribution in [0.4, 0.5) is 9.18 Å². The smallest absolute Gasteiger partial charge is 0.410 e. The number of hydrogen-bond donors (Lipinski definition) is 0. The first-order valence-corrected chi connectivity index (χ1v) is 6.99.